The molecule has 3 amide bonds. The molecular formula is C33H36N3O6S+. The summed E-state index contributed by atoms with van der Waals surface area (Å²) in [6.45, 7) is 1.87. The van der Waals surface area contributed by atoms with Crippen LogP contribution >= 0.6 is 12.6 Å². The highest BCUT2D eigenvalue weighted by Gasteiger charge is 2.48. The second-order valence-corrected chi connectivity index (χ2v) is 10.9. The fourth-order valence-corrected chi connectivity index (χ4v) is 5.58. The van der Waals surface area contributed by atoms with Crippen molar-refractivity contribution in [2.45, 2.75) is 38.6 Å². The summed E-state index contributed by atoms with van der Waals surface area (Å²) < 4.78 is 3.75. The summed E-state index contributed by atoms with van der Waals surface area (Å²) in [7, 11) is 1.26. The number of para-hydroxylation sites is 1. The van der Waals surface area contributed by atoms with Gasteiger partial charge in [0, 0.05) is 40.5 Å². The number of aryl methyl sites for hydroxylation is 1. The summed E-state index contributed by atoms with van der Waals surface area (Å²) in [6.07, 6.45) is 2.99. The lowest BCUT2D eigenvalue weighted by Gasteiger charge is -2.25. The normalized spacial score (nSPS) is 16.8. The number of benzene rings is 3. The van der Waals surface area contributed by atoms with Gasteiger partial charge in [0.25, 0.3) is 5.91 Å². The number of thiol groups is 1. The molecule has 1 aliphatic rings. The Hall–Kier alpha value is -4.41. The molecule has 2 unspecified atom stereocenters. The molecule has 0 aliphatic carbocycles. The molecule has 0 fully saturated rings. The van der Waals surface area contributed by atoms with E-state index in [-0.39, 0.29) is 29.0 Å². The first-order chi connectivity index (χ1) is 20.7. The summed E-state index contributed by atoms with van der Waals surface area (Å²) in [5, 5.41) is 13.5. The number of carboxylic acid groups (broad SMARTS) is 1. The van der Waals surface area contributed by atoms with Crippen molar-refractivity contribution in [3.63, 3.8) is 0 Å². The van der Waals surface area contributed by atoms with Gasteiger partial charge in [0.15, 0.2) is 5.69 Å². The zero-order valence-corrected chi connectivity index (χ0v) is 25.1. The van der Waals surface area contributed by atoms with Gasteiger partial charge in [0.05, 0.1) is 12.7 Å². The Morgan fingerprint density at radius 3 is 2.23 bits per heavy atom. The van der Waals surface area contributed by atoms with E-state index in [1.807, 2.05) is 25.1 Å². The van der Waals surface area contributed by atoms with E-state index in [2.05, 4.69) is 35.5 Å². The quantitative estimate of drug-likeness (QED) is 0.128. The summed E-state index contributed by atoms with van der Waals surface area (Å²) in [5.74, 6) is -1.11. The molecular weight excluding hydrogens is 566 g/mol. The number of fused-ring (bicyclic) bond motifs is 1. The summed E-state index contributed by atoms with van der Waals surface area (Å²) in [6, 6.07) is 22.5. The van der Waals surface area contributed by atoms with Gasteiger partial charge in [0.2, 0.25) is 5.91 Å². The molecule has 1 aliphatic heterocycles. The van der Waals surface area contributed by atoms with E-state index in [4.69, 9.17) is 4.74 Å². The van der Waals surface area contributed by atoms with Gasteiger partial charge in [-0.25, -0.2) is 4.79 Å². The third-order valence-corrected chi connectivity index (χ3v) is 7.93. The van der Waals surface area contributed by atoms with Crippen LogP contribution in [0.2, 0.25) is 0 Å². The van der Waals surface area contributed by atoms with Gasteiger partial charge in [-0.3, -0.25) is 9.59 Å². The maximum absolute atomic E-state index is 13.2. The standard InChI is InChI=1S/C33H35N3O6S/c1-22(34-30(37)26(21-43)12-8-11-23-9-4-3-5-10-23)19-27-20-36(33(40)41,29-14-7-6-13-28(27)29)35-31(38)24-15-17-25(18-16-24)32(39)42-2/h3-7,9-10,13-18,20,22,26H,8,11-12,19,21H2,1-2H3,(H3-,34,35,37,38,40,41,43)/p+1/t22-,26?,36?/m1/s1. The molecule has 10 heteroatoms. The number of nitrogens with zero attached hydrogens (tertiary/aromatic N) is 1. The second-order valence-electron chi connectivity index (χ2n) is 10.6. The molecule has 0 saturated carbocycles. The lowest BCUT2D eigenvalue weighted by molar-refractivity contribution is -0.125. The number of methoxy groups -OCH3 is 1. The molecule has 4 rings (SSSR count). The Bertz CT molecular complexity index is 1510. The molecule has 0 aromatic heterocycles. The molecule has 9 nitrogen and oxygen atoms in total. The number of rotatable bonds is 11. The number of hydrogen-bond donors (Lipinski definition) is 4. The minimum absolute atomic E-state index is 0.0925. The number of amides is 3. The highest BCUT2D eigenvalue weighted by atomic mass is 32.1. The minimum Gasteiger partial charge on any atom is -0.465 e. The molecule has 3 aromatic rings. The highest BCUT2D eigenvalue weighted by molar-refractivity contribution is 7.80. The van der Waals surface area contributed by atoms with E-state index in [0.29, 0.717) is 35.4 Å². The van der Waals surface area contributed by atoms with Crippen molar-refractivity contribution in [1.29, 1.82) is 0 Å². The Morgan fingerprint density at radius 2 is 1.58 bits per heavy atom. The fourth-order valence-electron chi connectivity index (χ4n) is 5.23. The van der Waals surface area contributed by atoms with Crippen molar-refractivity contribution in [1.82, 2.24) is 15.3 Å². The van der Waals surface area contributed by atoms with Gasteiger partial charge in [-0.15, -0.1) is 0 Å². The lowest BCUT2D eigenvalue weighted by Crippen LogP contribution is -2.60. The van der Waals surface area contributed by atoms with E-state index >= 15 is 0 Å². The van der Waals surface area contributed by atoms with Crippen molar-refractivity contribution < 1.29 is 29.0 Å². The van der Waals surface area contributed by atoms with Gasteiger partial charge in [-0.1, -0.05) is 47.1 Å². The Balaban J connectivity index is 1.47. The first-order valence-corrected chi connectivity index (χ1v) is 14.7. The predicted octanol–water partition coefficient (Wildman–Crippen LogP) is 5.62. The van der Waals surface area contributed by atoms with Crippen LogP contribution in [-0.2, 0) is 16.0 Å². The largest absolute Gasteiger partial charge is 0.549 e. The van der Waals surface area contributed by atoms with Crippen LogP contribution in [0.15, 0.2) is 85.1 Å². The highest BCUT2D eigenvalue weighted by Crippen LogP contribution is 2.41. The predicted molar refractivity (Wildman–Crippen MR) is 168 cm³/mol. The molecule has 0 radical (unpaired) electrons. The van der Waals surface area contributed by atoms with Gasteiger partial charge in [0.1, 0.15) is 6.20 Å². The molecule has 43 heavy (non-hydrogen) atoms. The van der Waals surface area contributed by atoms with Crippen LogP contribution in [0.1, 0.15) is 58.0 Å². The van der Waals surface area contributed by atoms with Crippen LogP contribution in [0.25, 0.3) is 5.57 Å². The average Bonchev–Trinajstić information content (AvgIpc) is 3.33. The number of hydrogen-bond acceptors (Lipinski definition) is 6. The van der Waals surface area contributed by atoms with Crippen molar-refractivity contribution in [2.24, 2.45) is 5.92 Å². The molecule has 0 saturated heterocycles. The average molecular weight is 603 g/mol. The van der Waals surface area contributed by atoms with Crippen molar-refractivity contribution >= 4 is 47.8 Å². The Labute approximate surface area is 256 Å². The van der Waals surface area contributed by atoms with Crippen molar-refractivity contribution in [3.05, 3.63) is 107 Å². The molecule has 3 aromatic carbocycles. The zero-order valence-electron chi connectivity index (χ0n) is 24.2. The fraction of sp³-hybridized carbons (Fsp3) is 0.273. The van der Waals surface area contributed by atoms with Gasteiger partial charge < -0.3 is 15.2 Å². The molecule has 224 valence electrons. The molecule has 1 heterocycles. The summed E-state index contributed by atoms with van der Waals surface area (Å²) >= 11 is 4.42. The number of nitrogens with one attached hydrogen (secondary N) is 2. The van der Waals surface area contributed by atoms with E-state index in [9.17, 15) is 24.3 Å². The molecule has 0 spiro atoms. The first kappa shape index (κ1) is 31.5. The van der Waals surface area contributed by atoms with E-state index in [1.54, 1.807) is 24.3 Å². The number of carbonyl (C=O) groups excluding carboxylic acids is 3. The number of ether oxygens (including phenoxy) is 1. The molecule has 3 N–H and O–H groups in total. The van der Waals surface area contributed by atoms with Crippen LogP contribution in [0.3, 0.4) is 0 Å². The summed E-state index contributed by atoms with van der Waals surface area (Å²) in [5.41, 5.74) is 6.03. The van der Waals surface area contributed by atoms with Crippen LogP contribution in [0.4, 0.5) is 10.5 Å². The van der Waals surface area contributed by atoms with Gasteiger partial charge in [-0.05, 0) is 68.5 Å². The van der Waals surface area contributed by atoms with Crippen molar-refractivity contribution in [3.8, 4) is 0 Å². The smallest absolute Gasteiger partial charge is 0.465 e. The first-order valence-electron chi connectivity index (χ1n) is 14.1. The Kier molecular flexibility index (Phi) is 10.4. The van der Waals surface area contributed by atoms with Crippen molar-refractivity contribution in [2.75, 3.05) is 12.9 Å². The monoisotopic (exact) mass is 602 g/mol. The van der Waals surface area contributed by atoms with Gasteiger partial charge >= 0.3 is 12.1 Å². The maximum Gasteiger partial charge on any atom is 0.549 e. The zero-order chi connectivity index (χ0) is 31.0. The second kappa shape index (κ2) is 14.2. The lowest BCUT2D eigenvalue weighted by atomic mass is 9.98. The van der Waals surface area contributed by atoms with Crippen LogP contribution in [-0.4, -0.2) is 47.9 Å². The van der Waals surface area contributed by atoms with Crippen LogP contribution < -0.4 is 15.3 Å². The minimum atomic E-state index is -1.30. The Morgan fingerprint density at radius 1 is 0.930 bits per heavy atom. The molecule has 3 atom stereocenters. The van der Waals surface area contributed by atoms with E-state index < -0.39 is 22.6 Å². The topological polar surface area (TPSA) is 122 Å². The number of carbonyl (C=O) groups is 4. The van der Waals surface area contributed by atoms with Crippen LogP contribution in [0, 0.1) is 5.92 Å². The van der Waals surface area contributed by atoms with Crippen LogP contribution in [0.5, 0.6) is 0 Å². The number of quaternary nitrogens is 1. The maximum atomic E-state index is 13.2. The van der Waals surface area contributed by atoms with E-state index in [1.165, 1.54) is 43.1 Å². The SMILES string of the molecule is COC(=O)c1ccc(C(=O)N[N+]2(C(=O)O)C=C(C[C@@H](C)NC(=O)C(CS)CCCc3ccccc3)c3ccccc32)cc1. The van der Waals surface area contributed by atoms with Gasteiger partial charge in [-0.2, -0.15) is 22.8 Å². The number of esters is 1. The third-order valence-electron chi connectivity index (χ3n) is 7.49. The third kappa shape index (κ3) is 7.33. The molecule has 0 bridgehead atoms. The summed E-state index contributed by atoms with van der Waals surface area (Å²) in [4.78, 5) is 50.8. The van der Waals surface area contributed by atoms with E-state index in [0.717, 1.165) is 12.8 Å².